The molecule has 0 saturated heterocycles. The second-order valence-electron chi connectivity index (χ2n) is 4.80. The van der Waals surface area contributed by atoms with E-state index in [1.54, 1.807) is 18.9 Å². The summed E-state index contributed by atoms with van der Waals surface area (Å²) < 4.78 is 5.53. The summed E-state index contributed by atoms with van der Waals surface area (Å²) in [5.74, 6) is 1.03. The monoisotopic (exact) mass is 224 g/mol. The summed E-state index contributed by atoms with van der Waals surface area (Å²) >= 11 is 1.74. The van der Waals surface area contributed by atoms with Crippen molar-refractivity contribution in [3.63, 3.8) is 0 Å². The van der Waals surface area contributed by atoms with Crippen molar-refractivity contribution in [3.05, 3.63) is 23.3 Å². The van der Waals surface area contributed by atoms with Gasteiger partial charge in [-0.2, -0.15) is 0 Å². The zero-order chi connectivity index (χ0) is 11.6. The van der Waals surface area contributed by atoms with Crippen LogP contribution in [0, 0.1) is 6.92 Å². The fourth-order valence-corrected chi connectivity index (χ4v) is 2.34. The minimum atomic E-state index is 0.127. The van der Waals surface area contributed by atoms with E-state index in [2.05, 4.69) is 46.1 Å². The van der Waals surface area contributed by atoms with Crippen molar-refractivity contribution in [2.45, 2.75) is 38.0 Å². The number of thioether (sulfide) groups is 1. The van der Waals surface area contributed by atoms with Crippen molar-refractivity contribution in [1.82, 2.24) is 0 Å². The topological polar surface area (TPSA) is 9.23 Å². The van der Waals surface area contributed by atoms with Gasteiger partial charge in [0.1, 0.15) is 5.75 Å². The minimum Gasteiger partial charge on any atom is -0.495 e. The van der Waals surface area contributed by atoms with Crippen molar-refractivity contribution in [3.8, 4) is 5.75 Å². The van der Waals surface area contributed by atoms with Gasteiger partial charge in [0.05, 0.1) is 7.11 Å². The fraction of sp³-hybridized carbons (Fsp3) is 0.538. The van der Waals surface area contributed by atoms with Crippen LogP contribution < -0.4 is 4.74 Å². The molecule has 84 valence electrons. The van der Waals surface area contributed by atoms with Crippen molar-refractivity contribution < 1.29 is 4.74 Å². The fourth-order valence-electron chi connectivity index (χ4n) is 1.66. The Hall–Kier alpha value is -0.630. The maximum atomic E-state index is 5.53. The zero-order valence-electron chi connectivity index (χ0n) is 10.5. The first-order valence-electron chi connectivity index (χ1n) is 5.13. The second-order valence-corrected chi connectivity index (χ2v) is 5.65. The average molecular weight is 224 g/mol. The van der Waals surface area contributed by atoms with Crippen molar-refractivity contribution >= 4 is 11.8 Å². The SMILES string of the molecule is COc1c(SC)cc(C)cc1C(C)(C)C. The summed E-state index contributed by atoms with van der Waals surface area (Å²) in [6.45, 7) is 8.78. The molecule has 0 aromatic heterocycles. The summed E-state index contributed by atoms with van der Waals surface area (Å²) in [6, 6.07) is 4.40. The highest BCUT2D eigenvalue weighted by Crippen LogP contribution is 2.38. The van der Waals surface area contributed by atoms with Gasteiger partial charge in [-0.05, 0) is 30.2 Å². The predicted octanol–water partition coefficient (Wildman–Crippen LogP) is 4.02. The molecule has 0 radical (unpaired) electrons. The molecular weight excluding hydrogens is 204 g/mol. The number of ether oxygens (including phenoxy) is 1. The van der Waals surface area contributed by atoms with E-state index < -0.39 is 0 Å². The molecule has 0 saturated carbocycles. The Morgan fingerprint density at radius 2 is 1.80 bits per heavy atom. The molecular formula is C13H20OS. The maximum Gasteiger partial charge on any atom is 0.136 e. The molecule has 0 bridgehead atoms. The van der Waals surface area contributed by atoms with Crippen molar-refractivity contribution in [2.24, 2.45) is 0 Å². The largest absolute Gasteiger partial charge is 0.495 e. The van der Waals surface area contributed by atoms with E-state index >= 15 is 0 Å². The molecule has 0 unspecified atom stereocenters. The highest BCUT2D eigenvalue weighted by atomic mass is 32.2. The van der Waals surface area contributed by atoms with E-state index in [0.29, 0.717) is 0 Å². The standard InChI is InChI=1S/C13H20OS/c1-9-7-10(13(2,3)4)12(14-5)11(8-9)15-6/h7-8H,1-6H3. The van der Waals surface area contributed by atoms with E-state index in [1.807, 2.05) is 0 Å². The molecule has 0 aliphatic carbocycles. The molecule has 0 atom stereocenters. The van der Waals surface area contributed by atoms with Gasteiger partial charge >= 0.3 is 0 Å². The Bertz CT molecular complexity index is 350. The third-order valence-corrected chi connectivity index (χ3v) is 3.17. The van der Waals surface area contributed by atoms with Gasteiger partial charge in [0.25, 0.3) is 0 Å². The van der Waals surface area contributed by atoms with E-state index in [-0.39, 0.29) is 5.41 Å². The van der Waals surface area contributed by atoms with Gasteiger partial charge in [-0.25, -0.2) is 0 Å². The van der Waals surface area contributed by atoms with E-state index in [9.17, 15) is 0 Å². The highest BCUT2D eigenvalue weighted by Gasteiger charge is 2.21. The first-order chi connectivity index (χ1) is 6.90. The predicted molar refractivity (Wildman–Crippen MR) is 68.2 cm³/mol. The van der Waals surface area contributed by atoms with Gasteiger partial charge in [0.15, 0.2) is 0 Å². The Morgan fingerprint density at radius 3 is 2.20 bits per heavy atom. The summed E-state index contributed by atoms with van der Waals surface area (Å²) in [5.41, 5.74) is 2.71. The summed E-state index contributed by atoms with van der Waals surface area (Å²) in [7, 11) is 1.75. The van der Waals surface area contributed by atoms with Gasteiger partial charge in [0, 0.05) is 10.5 Å². The first kappa shape index (κ1) is 12.4. The zero-order valence-corrected chi connectivity index (χ0v) is 11.3. The van der Waals surface area contributed by atoms with Crippen LogP contribution in [0.1, 0.15) is 31.9 Å². The molecule has 1 aromatic carbocycles. The molecule has 0 aliphatic heterocycles. The lowest BCUT2D eigenvalue weighted by Crippen LogP contribution is -2.13. The van der Waals surface area contributed by atoms with Crippen LogP contribution in [0.3, 0.4) is 0 Å². The first-order valence-corrected chi connectivity index (χ1v) is 6.35. The Labute approximate surface area is 97.2 Å². The quantitative estimate of drug-likeness (QED) is 0.702. The van der Waals surface area contributed by atoms with Gasteiger partial charge in [-0.15, -0.1) is 11.8 Å². The van der Waals surface area contributed by atoms with Gasteiger partial charge in [-0.3, -0.25) is 0 Å². The van der Waals surface area contributed by atoms with Gasteiger partial charge in [-0.1, -0.05) is 26.8 Å². The van der Waals surface area contributed by atoms with Crippen LogP contribution in [0.25, 0.3) is 0 Å². The Morgan fingerprint density at radius 1 is 1.20 bits per heavy atom. The number of methoxy groups -OCH3 is 1. The number of rotatable bonds is 2. The molecule has 1 nitrogen and oxygen atoms in total. The van der Waals surface area contributed by atoms with Crippen LogP contribution in [0.15, 0.2) is 17.0 Å². The van der Waals surface area contributed by atoms with E-state index in [1.165, 1.54) is 16.0 Å². The van der Waals surface area contributed by atoms with E-state index in [0.717, 1.165) is 5.75 Å². The van der Waals surface area contributed by atoms with Crippen LogP contribution in [0.5, 0.6) is 5.75 Å². The van der Waals surface area contributed by atoms with Gasteiger partial charge < -0.3 is 4.74 Å². The molecule has 2 heteroatoms. The summed E-state index contributed by atoms with van der Waals surface area (Å²) in [5, 5.41) is 0. The lowest BCUT2D eigenvalue weighted by atomic mass is 9.85. The molecule has 0 amide bonds. The molecule has 0 spiro atoms. The molecule has 0 aliphatic rings. The molecule has 0 heterocycles. The number of aryl methyl sites for hydroxylation is 1. The van der Waals surface area contributed by atoms with Crippen LogP contribution in [0.2, 0.25) is 0 Å². The maximum absolute atomic E-state index is 5.53. The third-order valence-electron chi connectivity index (χ3n) is 2.43. The van der Waals surface area contributed by atoms with E-state index in [4.69, 9.17) is 4.74 Å². The number of hydrogen-bond acceptors (Lipinski definition) is 2. The lowest BCUT2D eigenvalue weighted by molar-refractivity contribution is 0.387. The second kappa shape index (κ2) is 4.48. The summed E-state index contributed by atoms with van der Waals surface area (Å²) in [4.78, 5) is 1.22. The molecule has 1 aromatic rings. The van der Waals surface area contributed by atoms with Crippen molar-refractivity contribution in [2.75, 3.05) is 13.4 Å². The van der Waals surface area contributed by atoms with Crippen LogP contribution >= 0.6 is 11.8 Å². The van der Waals surface area contributed by atoms with Gasteiger partial charge in [0.2, 0.25) is 0 Å². The molecule has 0 fully saturated rings. The number of benzene rings is 1. The average Bonchev–Trinajstić information content (AvgIpc) is 2.15. The lowest BCUT2D eigenvalue weighted by Gasteiger charge is -2.24. The third kappa shape index (κ3) is 2.69. The number of hydrogen-bond donors (Lipinski definition) is 0. The van der Waals surface area contributed by atoms with Crippen LogP contribution in [0.4, 0.5) is 0 Å². The molecule has 0 N–H and O–H groups in total. The smallest absolute Gasteiger partial charge is 0.136 e. The normalized spacial score (nSPS) is 11.6. The Balaban J connectivity index is 3.42. The minimum absolute atomic E-state index is 0.127. The van der Waals surface area contributed by atoms with Crippen LogP contribution in [-0.2, 0) is 5.41 Å². The highest BCUT2D eigenvalue weighted by molar-refractivity contribution is 7.98. The van der Waals surface area contributed by atoms with Crippen molar-refractivity contribution in [1.29, 1.82) is 0 Å². The van der Waals surface area contributed by atoms with Crippen LogP contribution in [-0.4, -0.2) is 13.4 Å². The summed E-state index contributed by atoms with van der Waals surface area (Å²) in [6.07, 6.45) is 2.09. The Kier molecular flexibility index (Phi) is 3.72. The molecule has 15 heavy (non-hydrogen) atoms. The molecule has 1 rings (SSSR count).